The summed E-state index contributed by atoms with van der Waals surface area (Å²) in [4.78, 5) is 11.9. The third-order valence-corrected chi connectivity index (χ3v) is 4.08. The van der Waals surface area contributed by atoms with Crippen LogP contribution in [0.5, 0.6) is 5.75 Å². The zero-order valence-corrected chi connectivity index (χ0v) is 13.5. The summed E-state index contributed by atoms with van der Waals surface area (Å²) in [5.74, 6) is 1.66. The van der Waals surface area contributed by atoms with Crippen LogP contribution < -0.4 is 15.4 Å². The number of anilines is 1. The van der Waals surface area contributed by atoms with Crippen LogP contribution >= 0.6 is 24.2 Å². The highest BCUT2D eigenvalue weighted by Gasteiger charge is 2.17. The fourth-order valence-corrected chi connectivity index (χ4v) is 2.99. The minimum Gasteiger partial charge on any atom is -0.491 e. The largest absolute Gasteiger partial charge is 0.491 e. The van der Waals surface area contributed by atoms with Crippen LogP contribution in [-0.4, -0.2) is 36.6 Å². The molecule has 21 heavy (non-hydrogen) atoms. The van der Waals surface area contributed by atoms with Gasteiger partial charge in [-0.05, 0) is 19.1 Å². The Kier molecular flexibility index (Phi) is 7.85. The Hall–Kier alpha value is -0.980. The summed E-state index contributed by atoms with van der Waals surface area (Å²) in [6.45, 7) is 3.14. The predicted octanol–water partition coefficient (Wildman–Crippen LogP) is 2.68. The number of hydrogen-bond donors (Lipinski definition) is 2. The van der Waals surface area contributed by atoms with Crippen molar-refractivity contribution in [2.75, 3.05) is 30.0 Å². The van der Waals surface area contributed by atoms with E-state index >= 15 is 0 Å². The van der Waals surface area contributed by atoms with E-state index in [1.165, 1.54) is 12.1 Å². The normalized spacial score (nSPS) is 17.7. The van der Waals surface area contributed by atoms with Gasteiger partial charge in [0.25, 0.3) is 0 Å². The van der Waals surface area contributed by atoms with Gasteiger partial charge >= 0.3 is 0 Å². The number of carbonyl (C=O) groups excluding carboxylic acids is 1. The van der Waals surface area contributed by atoms with Crippen LogP contribution in [0.1, 0.15) is 13.3 Å². The molecule has 1 aliphatic heterocycles. The van der Waals surface area contributed by atoms with Gasteiger partial charge in [0, 0.05) is 42.3 Å². The number of benzene rings is 1. The molecule has 2 rings (SSSR count). The van der Waals surface area contributed by atoms with E-state index in [1.807, 2.05) is 11.8 Å². The summed E-state index contributed by atoms with van der Waals surface area (Å²) in [5.41, 5.74) is 0.458. The average Bonchev–Trinajstić information content (AvgIpc) is 2.43. The number of rotatable bonds is 5. The van der Waals surface area contributed by atoms with Crippen LogP contribution in [0.3, 0.4) is 0 Å². The van der Waals surface area contributed by atoms with E-state index in [-0.39, 0.29) is 30.1 Å². The molecule has 1 saturated heterocycles. The third kappa shape index (κ3) is 5.73. The third-order valence-electron chi connectivity index (χ3n) is 2.95. The fraction of sp³-hybridized carbons (Fsp3) is 0.500. The van der Waals surface area contributed by atoms with Crippen molar-refractivity contribution in [1.29, 1.82) is 0 Å². The van der Waals surface area contributed by atoms with Crippen molar-refractivity contribution in [3.63, 3.8) is 0 Å². The second-order valence-corrected chi connectivity index (χ2v) is 5.71. The first-order valence-corrected chi connectivity index (χ1v) is 7.88. The van der Waals surface area contributed by atoms with E-state index < -0.39 is 5.82 Å². The molecule has 1 unspecified atom stereocenters. The predicted molar refractivity (Wildman–Crippen MR) is 87.2 cm³/mol. The van der Waals surface area contributed by atoms with E-state index in [2.05, 4.69) is 10.6 Å². The molecule has 0 saturated carbocycles. The van der Waals surface area contributed by atoms with Crippen molar-refractivity contribution in [2.24, 2.45) is 0 Å². The molecular weight excluding hydrogens is 315 g/mol. The molecule has 0 aromatic heterocycles. The first kappa shape index (κ1) is 18.1. The maximum atomic E-state index is 13.7. The minimum atomic E-state index is -0.462. The number of ether oxygens (including phenoxy) is 1. The van der Waals surface area contributed by atoms with Gasteiger partial charge in [-0.3, -0.25) is 4.79 Å². The Morgan fingerprint density at radius 2 is 2.38 bits per heavy atom. The lowest BCUT2D eigenvalue weighted by atomic mass is 10.2. The Morgan fingerprint density at radius 1 is 1.57 bits per heavy atom. The van der Waals surface area contributed by atoms with Crippen molar-refractivity contribution < 1.29 is 13.9 Å². The lowest BCUT2D eigenvalue weighted by Crippen LogP contribution is -2.39. The topological polar surface area (TPSA) is 50.4 Å². The van der Waals surface area contributed by atoms with Gasteiger partial charge in [0.15, 0.2) is 11.6 Å². The number of hydrogen-bond acceptors (Lipinski definition) is 4. The van der Waals surface area contributed by atoms with Crippen LogP contribution in [0.15, 0.2) is 18.2 Å². The van der Waals surface area contributed by atoms with Crippen LogP contribution in [-0.2, 0) is 4.79 Å². The molecule has 7 heteroatoms. The van der Waals surface area contributed by atoms with Gasteiger partial charge in [-0.1, -0.05) is 0 Å². The molecule has 0 radical (unpaired) electrons. The highest BCUT2D eigenvalue weighted by atomic mass is 35.5. The second kappa shape index (κ2) is 9.12. The maximum Gasteiger partial charge on any atom is 0.225 e. The average molecular weight is 335 g/mol. The van der Waals surface area contributed by atoms with Gasteiger partial charge in [0.1, 0.15) is 0 Å². The molecule has 1 fully saturated rings. The highest BCUT2D eigenvalue weighted by molar-refractivity contribution is 7.99. The zero-order chi connectivity index (χ0) is 14.4. The fourth-order valence-electron chi connectivity index (χ4n) is 2.04. The highest BCUT2D eigenvalue weighted by Crippen LogP contribution is 2.21. The first-order chi connectivity index (χ1) is 9.69. The Balaban J connectivity index is 0.00000220. The van der Waals surface area contributed by atoms with Crippen LogP contribution in [0.2, 0.25) is 0 Å². The van der Waals surface area contributed by atoms with E-state index in [0.29, 0.717) is 18.7 Å². The van der Waals surface area contributed by atoms with Crippen LogP contribution in [0.4, 0.5) is 10.1 Å². The van der Waals surface area contributed by atoms with Crippen molar-refractivity contribution >= 4 is 35.8 Å². The van der Waals surface area contributed by atoms with Crippen molar-refractivity contribution in [2.45, 2.75) is 19.4 Å². The monoisotopic (exact) mass is 334 g/mol. The molecule has 1 aliphatic rings. The summed E-state index contributed by atoms with van der Waals surface area (Å²) >= 11 is 1.84. The van der Waals surface area contributed by atoms with Gasteiger partial charge in [-0.25, -0.2) is 4.39 Å². The summed E-state index contributed by atoms with van der Waals surface area (Å²) in [7, 11) is 0. The van der Waals surface area contributed by atoms with Crippen LogP contribution in [0, 0.1) is 5.82 Å². The standard InChI is InChI=1S/C14H19FN2O2S.ClH/c1-2-19-13-4-3-10(7-12(13)15)17-14(18)8-11-9-20-6-5-16-11;/h3-4,7,11,16H,2,5-6,8-9H2,1H3,(H,17,18);1H. The number of halogens is 2. The van der Waals surface area contributed by atoms with Crippen molar-refractivity contribution in [3.05, 3.63) is 24.0 Å². The van der Waals surface area contributed by atoms with E-state index in [0.717, 1.165) is 18.1 Å². The first-order valence-electron chi connectivity index (χ1n) is 6.72. The van der Waals surface area contributed by atoms with E-state index in [4.69, 9.17) is 4.74 Å². The smallest absolute Gasteiger partial charge is 0.225 e. The Labute approximate surface area is 134 Å². The SMILES string of the molecule is CCOc1ccc(NC(=O)CC2CSCCN2)cc1F.Cl. The molecule has 1 amide bonds. The van der Waals surface area contributed by atoms with Crippen LogP contribution in [0.25, 0.3) is 0 Å². The van der Waals surface area contributed by atoms with Gasteiger partial charge in [0.2, 0.25) is 5.91 Å². The molecule has 0 spiro atoms. The molecule has 2 N–H and O–H groups in total. The quantitative estimate of drug-likeness (QED) is 0.869. The van der Waals surface area contributed by atoms with Gasteiger partial charge in [0.05, 0.1) is 6.61 Å². The van der Waals surface area contributed by atoms with Gasteiger partial charge < -0.3 is 15.4 Å². The maximum absolute atomic E-state index is 13.7. The van der Waals surface area contributed by atoms with Gasteiger partial charge in [-0.15, -0.1) is 12.4 Å². The number of amides is 1. The molecule has 4 nitrogen and oxygen atoms in total. The molecular formula is C14H20ClFN2O2S. The van der Waals surface area contributed by atoms with Crippen molar-refractivity contribution in [1.82, 2.24) is 5.32 Å². The summed E-state index contributed by atoms with van der Waals surface area (Å²) < 4.78 is 18.8. The molecule has 118 valence electrons. The molecule has 1 heterocycles. The van der Waals surface area contributed by atoms with E-state index in [9.17, 15) is 9.18 Å². The molecule has 0 bridgehead atoms. The Morgan fingerprint density at radius 3 is 3.00 bits per heavy atom. The summed E-state index contributed by atoms with van der Waals surface area (Å²) in [5, 5.41) is 6.01. The zero-order valence-electron chi connectivity index (χ0n) is 11.9. The summed E-state index contributed by atoms with van der Waals surface area (Å²) in [6, 6.07) is 4.66. The molecule has 0 aliphatic carbocycles. The second-order valence-electron chi connectivity index (χ2n) is 4.56. The lowest BCUT2D eigenvalue weighted by molar-refractivity contribution is -0.116. The molecule has 1 aromatic carbocycles. The summed E-state index contributed by atoms with van der Waals surface area (Å²) in [6.07, 6.45) is 0.405. The molecule has 1 aromatic rings. The number of nitrogens with one attached hydrogen (secondary N) is 2. The lowest BCUT2D eigenvalue weighted by Gasteiger charge is -2.22. The minimum absolute atomic E-state index is 0. The Bertz CT molecular complexity index is 470. The number of carbonyl (C=O) groups is 1. The van der Waals surface area contributed by atoms with Gasteiger partial charge in [-0.2, -0.15) is 11.8 Å². The number of thioether (sulfide) groups is 1. The van der Waals surface area contributed by atoms with Crippen molar-refractivity contribution in [3.8, 4) is 5.75 Å². The van der Waals surface area contributed by atoms with E-state index in [1.54, 1.807) is 13.0 Å². The molecule has 1 atom stereocenters.